The van der Waals surface area contributed by atoms with Gasteiger partial charge in [0.05, 0.1) is 16.1 Å². The summed E-state index contributed by atoms with van der Waals surface area (Å²) in [5.41, 5.74) is 0.798. The number of carbonyl (C=O) groups is 1. The molecular weight excluding hydrogens is 455 g/mol. The number of aliphatic carboxylic acids is 1. The first kappa shape index (κ1) is 23.5. The number of carboxylic acids is 1. The van der Waals surface area contributed by atoms with E-state index in [1.54, 1.807) is 48.0 Å². The molecule has 1 saturated carbocycles. The maximum absolute atomic E-state index is 13.7. The average molecular weight is 480 g/mol. The number of carboxylic acid groups (broad SMARTS) is 1. The summed E-state index contributed by atoms with van der Waals surface area (Å²) in [5, 5.41) is 10.5. The molecule has 0 bridgehead atoms. The third-order valence-electron chi connectivity index (χ3n) is 6.37. The van der Waals surface area contributed by atoms with Crippen molar-refractivity contribution in [3.8, 4) is 5.75 Å². The van der Waals surface area contributed by atoms with Crippen LogP contribution in [0.25, 0.3) is 10.9 Å². The van der Waals surface area contributed by atoms with Gasteiger partial charge in [0, 0.05) is 17.6 Å². The molecule has 0 saturated heterocycles. The molecule has 176 valence electrons. The lowest BCUT2D eigenvalue weighted by molar-refractivity contribution is -0.141. The SMILES string of the molecule is CCC(C(=O)O)n1ccc2cc(OCc3ccc(C4CCCC4)c(C(F)(F)F)c3)cc(Cl)c21. The summed E-state index contributed by atoms with van der Waals surface area (Å²) < 4.78 is 48.6. The number of rotatable bonds is 7. The van der Waals surface area contributed by atoms with Gasteiger partial charge in [0.1, 0.15) is 18.4 Å². The van der Waals surface area contributed by atoms with Crippen molar-refractivity contribution >= 4 is 28.5 Å². The number of hydrogen-bond acceptors (Lipinski definition) is 2. The highest BCUT2D eigenvalue weighted by atomic mass is 35.5. The molecule has 0 spiro atoms. The first-order valence-corrected chi connectivity index (χ1v) is 11.4. The summed E-state index contributed by atoms with van der Waals surface area (Å²) >= 11 is 6.43. The summed E-state index contributed by atoms with van der Waals surface area (Å²) in [5.74, 6) is -0.588. The highest BCUT2D eigenvalue weighted by Crippen LogP contribution is 2.42. The third kappa shape index (κ3) is 4.83. The van der Waals surface area contributed by atoms with Gasteiger partial charge in [0.15, 0.2) is 0 Å². The Labute approximate surface area is 194 Å². The van der Waals surface area contributed by atoms with Crippen molar-refractivity contribution < 1.29 is 27.8 Å². The predicted molar refractivity (Wildman–Crippen MR) is 121 cm³/mol. The van der Waals surface area contributed by atoms with E-state index in [2.05, 4.69) is 0 Å². The van der Waals surface area contributed by atoms with Crippen molar-refractivity contribution in [3.05, 3.63) is 64.3 Å². The number of benzene rings is 2. The van der Waals surface area contributed by atoms with Crippen LogP contribution >= 0.6 is 11.6 Å². The van der Waals surface area contributed by atoms with E-state index in [9.17, 15) is 23.1 Å². The predicted octanol–water partition coefficient (Wildman–Crippen LogP) is 7.59. The molecule has 1 aliphatic rings. The van der Waals surface area contributed by atoms with Crippen LogP contribution in [0.15, 0.2) is 42.6 Å². The Bertz CT molecular complexity index is 1170. The van der Waals surface area contributed by atoms with Crippen molar-refractivity contribution in [3.63, 3.8) is 0 Å². The van der Waals surface area contributed by atoms with Gasteiger partial charge in [-0.15, -0.1) is 0 Å². The lowest BCUT2D eigenvalue weighted by atomic mass is 9.91. The zero-order valence-electron chi connectivity index (χ0n) is 18.2. The monoisotopic (exact) mass is 479 g/mol. The number of alkyl halides is 3. The van der Waals surface area contributed by atoms with E-state index < -0.39 is 23.8 Å². The molecule has 8 heteroatoms. The normalized spacial score (nSPS) is 15.8. The van der Waals surface area contributed by atoms with E-state index in [-0.39, 0.29) is 12.5 Å². The van der Waals surface area contributed by atoms with E-state index >= 15 is 0 Å². The molecule has 0 aliphatic heterocycles. The molecule has 2 aromatic carbocycles. The Balaban J connectivity index is 1.58. The standard InChI is InChI=1S/C25H25ClF3NO3/c1-2-22(24(31)32)30-10-9-17-12-18(13-21(26)23(17)30)33-14-15-7-8-19(16-5-3-4-6-16)20(11-15)25(27,28)29/h7-13,16,22H,2-6,14H2,1H3,(H,31,32). The Hall–Kier alpha value is -2.67. The second-order valence-corrected chi connectivity index (χ2v) is 8.92. The third-order valence-corrected chi connectivity index (χ3v) is 6.66. The topological polar surface area (TPSA) is 51.5 Å². The lowest BCUT2D eigenvalue weighted by Crippen LogP contribution is -2.17. The summed E-state index contributed by atoms with van der Waals surface area (Å²) in [6, 6.07) is 8.74. The van der Waals surface area contributed by atoms with Crippen LogP contribution in [0.5, 0.6) is 5.75 Å². The molecule has 0 amide bonds. The second kappa shape index (κ2) is 9.29. The fourth-order valence-electron chi connectivity index (χ4n) is 4.76. The molecule has 1 aromatic heterocycles. The van der Waals surface area contributed by atoms with Crippen molar-refractivity contribution in [2.24, 2.45) is 0 Å². The summed E-state index contributed by atoms with van der Waals surface area (Å²) in [6.45, 7) is 1.74. The van der Waals surface area contributed by atoms with E-state index in [0.29, 0.717) is 39.2 Å². The smallest absolute Gasteiger partial charge is 0.416 e. The van der Waals surface area contributed by atoms with Crippen LogP contribution in [0, 0.1) is 0 Å². The van der Waals surface area contributed by atoms with Crippen LogP contribution in [0.2, 0.25) is 5.02 Å². The molecule has 1 N–H and O–H groups in total. The van der Waals surface area contributed by atoms with E-state index in [1.807, 2.05) is 0 Å². The number of nitrogens with zero attached hydrogens (tertiary/aromatic N) is 1. The summed E-state index contributed by atoms with van der Waals surface area (Å²) in [7, 11) is 0. The molecule has 1 unspecified atom stereocenters. The summed E-state index contributed by atoms with van der Waals surface area (Å²) in [4.78, 5) is 11.5. The second-order valence-electron chi connectivity index (χ2n) is 8.52. The van der Waals surface area contributed by atoms with E-state index in [4.69, 9.17) is 16.3 Å². The van der Waals surface area contributed by atoms with Crippen molar-refractivity contribution in [1.29, 1.82) is 0 Å². The lowest BCUT2D eigenvalue weighted by Gasteiger charge is -2.19. The van der Waals surface area contributed by atoms with Crippen LogP contribution < -0.4 is 4.74 Å². The van der Waals surface area contributed by atoms with Gasteiger partial charge in [0.2, 0.25) is 0 Å². The van der Waals surface area contributed by atoms with Gasteiger partial charge >= 0.3 is 12.1 Å². The van der Waals surface area contributed by atoms with E-state index in [0.717, 1.165) is 25.7 Å². The first-order chi connectivity index (χ1) is 15.7. The molecule has 4 rings (SSSR count). The first-order valence-electron chi connectivity index (χ1n) is 11.0. The Morgan fingerprint density at radius 3 is 2.58 bits per heavy atom. The van der Waals surface area contributed by atoms with Crippen LogP contribution in [0.4, 0.5) is 13.2 Å². The molecule has 4 nitrogen and oxygen atoms in total. The van der Waals surface area contributed by atoms with Crippen LogP contribution in [-0.2, 0) is 17.6 Å². The Morgan fingerprint density at radius 1 is 1.21 bits per heavy atom. The zero-order chi connectivity index (χ0) is 23.8. The number of hydrogen-bond donors (Lipinski definition) is 1. The van der Waals surface area contributed by atoms with E-state index in [1.165, 1.54) is 6.07 Å². The van der Waals surface area contributed by atoms with Crippen LogP contribution in [0.1, 0.15) is 67.7 Å². The van der Waals surface area contributed by atoms with Crippen molar-refractivity contribution in [2.75, 3.05) is 0 Å². The number of halogens is 4. The number of aromatic nitrogens is 1. The Kier molecular flexibility index (Phi) is 6.61. The fourth-order valence-corrected chi connectivity index (χ4v) is 5.07. The zero-order valence-corrected chi connectivity index (χ0v) is 18.9. The molecular formula is C25H25ClF3NO3. The quantitative estimate of drug-likeness (QED) is 0.380. The van der Waals surface area contributed by atoms with Gasteiger partial charge in [-0.1, -0.05) is 43.5 Å². The maximum atomic E-state index is 13.7. The Morgan fingerprint density at radius 2 is 1.94 bits per heavy atom. The van der Waals surface area contributed by atoms with Gasteiger partial charge < -0.3 is 14.4 Å². The highest BCUT2D eigenvalue weighted by Gasteiger charge is 2.36. The molecule has 0 radical (unpaired) electrons. The molecule has 3 aromatic rings. The molecule has 1 atom stereocenters. The van der Waals surface area contributed by atoms with Crippen LogP contribution in [0.3, 0.4) is 0 Å². The highest BCUT2D eigenvalue weighted by molar-refractivity contribution is 6.35. The molecule has 1 fully saturated rings. The van der Waals surface area contributed by atoms with Crippen molar-refractivity contribution in [2.45, 2.75) is 63.8 Å². The minimum atomic E-state index is -4.42. The molecule has 1 heterocycles. The van der Waals surface area contributed by atoms with Gasteiger partial charge in [-0.3, -0.25) is 0 Å². The number of ether oxygens (including phenoxy) is 1. The van der Waals surface area contributed by atoms with Crippen molar-refractivity contribution in [1.82, 2.24) is 4.57 Å². The van der Waals surface area contributed by atoms with Crippen LogP contribution in [-0.4, -0.2) is 15.6 Å². The van der Waals surface area contributed by atoms with Gasteiger partial charge in [-0.05, 0) is 54.5 Å². The molecule has 1 aliphatic carbocycles. The minimum Gasteiger partial charge on any atom is -0.489 e. The molecule has 33 heavy (non-hydrogen) atoms. The van der Waals surface area contributed by atoms with Gasteiger partial charge in [-0.2, -0.15) is 13.2 Å². The summed E-state index contributed by atoms with van der Waals surface area (Å²) in [6.07, 6.45) is 1.15. The fraction of sp³-hybridized carbons (Fsp3) is 0.400. The number of fused-ring (bicyclic) bond motifs is 1. The largest absolute Gasteiger partial charge is 0.489 e. The van der Waals surface area contributed by atoms with Gasteiger partial charge in [0.25, 0.3) is 0 Å². The minimum absolute atomic E-state index is 0.0384. The maximum Gasteiger partial charge on any atom is 0.416 e. The average Bonchev–Trinajstić information content (AvgIpc) is 3.43. The van der Waals surface area contributed by atoms with Gasteiger partial charge in [-0.25, -0.2) is 4.79 Å².